The predicted molar refractivity (Wildman–Crippen MR) is 91.2 cm³/mol. The van der Waals surface area contributed by atoms with Crippen LogP contribution in [0.25, 0.3) is 0 Å². The zero-order valence-corrected chi connectivity index (χ0v) is 14.6. The van der Waals surface area contributed by atoms with Crippen molar-refractivity contribution in [2.75, 3.05) is 19.6 Å². The summed E-state index contributed by atoms with van der Waals surface area (Å²) in [4.78, 5) is 21.7. The first-order valence-corrected chi connectivity index (χ1v) is 9.22. The lowest BCUT2D eigenvalue weighted by atomic mass is 10.0. The quantitative estimate of drug-likeness (QED) is 0.809. The first-order chi connectivity index (χ1) is 11.2. The van der Waals surface area contributed by atoms with E-state index in [1.807, 2.05) is 19.3 Å². The minimum Gasteiger partial charge on any atom is -0.338 e. The van der Waals surface area contributed by atoms with E-state index < -0.39 is 0 Å². The molecule has 1 aromatic heterocycles. The molecule has 0 radical (unpaired) electrons. The lowest BCUT2D eigenvalue weighted by molar-refractivity contribution is -0.133. The number of aryl methyl sites for hydroxylation is 2. The van der Waals surface area contributed by atoms with Crippen molar-refractivity contribution in [3.63, 3.8) is 0 Å². The third kappa shape index (κ3) is 3.60. The van der Waals surface area contributed by atoms with Gasteiger partial charge in [0.05, 0.1) is 0 Å². The molecule has 0 saturated carbocycles. The maximum atomic E-state index is 12.7. The van der Waals surface area contributed by atoms with Crippen molar-refractivity contribution in [2.45, 2.75) is 71.0 Å². The Hall–Kier alpha value is -1.36. The summed E-state index contributed by atoms with van der Waals surface area (Å²) in [5, 5.41) is 0. The zero-order valence-electron chi connectivity index (χ0n) is 14.6. The minimum absolute atomic E-state index is 0.355. The van der Waals surface area contributed by atoms with Crippen molar-refractivity contribution in [1.29, 1.82) is 0 Å². The van der Waals surface area contributed by atoms with Gasteiger partial charge in [-0.2, -0.15) is 0 Å². The van der Waals surface area contributed by atoms with Crippen LogP contribution in [0, 0.1) is 6.92 Å². The Balaban J connectivity index is 1.52. The van der Waals surface area contributed by atoms with E-state index in [1.165, 1.54) is 32.2 Å². The second-order valence-electron chi connectivity index (χ2n) is 6.91. The maximum absolute atomic E-state index is 12.7. The fraction of sp³-hybridized carbons (Fsp3) is 0.778. The van der Waals surface area contributed by atoms with Gasteiger partial charge in [-0.1, -0.05) is 6.92 Å². The second-order valence-corrected chi connectivity index (χ2v) is 6.91. The molecule has 2 fully saturated rings. The molecule has 1 amide bonds. The summed E-state index contributed by atoms with van der Waals surface area (Å²) in [6.45, 7) is 8.43. The molecule has 1 aromatic rings. The van der Waals surface area contributed by atoms with Crippen LogP contribution < -0.4 is 0 Å². The first kappa shape index (κ1) is 16.5. The van der Waals surface area contributed by atoms with Crippen molar-refractivity contribution in [3.05, 3.63) is 18.2 Å². The van der Waals surface area contributed by atoms with Gasteiger partial charge in [-0.3, -0.25) is 9.69 Å². The molecule has 3 heterocycles. The van der Waals surface area contributed by atoms with Gasteiger partial charge in [0.25, 0.3) is 0 Å². The highest BCUT2D eigenvalue weighted by molar-refractivity contribution is 5.76. The monoisotopic (exact) mass is 318 g/mol. The van der Waals surface area contributed by atoms with E-state index in [4.69, 9.17) is 0 Å². The van der Waals surface area contributed by atoms with E-state index in [-0.39, 0.29) is 0 Å². The van der Waals surface area contributed by atoms with Crippen LogP contribution in [0.5, 0.6) is 0 Å². The third-order valence-electron chi connectivity index (χ3n) is 5.60. The van der Waals surface area contributed by atoms with Gasteiger partial charge in [-0.15, -0.1) is 0 Å². The molecule has 0 spiro atoms. The molecule has 2 aliphatic heterocycles. The van der Waals surface area contributed by atoms with Crippen LogP contribution in [0.2, 0.25) is 0 Å². The Bertz CT molecular complexity index is 527. The van der Waals surface area contributed by atoms with Crippen LogP contribution in [-0.4, -0.2) is 57.0 Å². The van der Waals surface area contributed by atoms with Crippen LogP contribution in [0.15, 0.2) is 12.4 Å². The smallest absolute Gasteiger partial charge is 0.222 e. The Morgan fingerprint density at radius 3 is 2.78 bits per heavy atom. The average molecular weight is 318 g/mol. The van der Waals surface area contributed by atoms with Crippen LogP contribution in [-0.2, 0) is 11.3 Å². The van der Waals surface area contributed by atoms with Crippen molar-refractivity contribution >= 4 is 5.91 Å². The standard InChI is InChI=1S/C18H30N4O/c1-3-20-11-4-7-16(20)17-8-5-13-22(17)18(23)9-6-12-21-14-10-19-15(21)2/h10,14,16-17H,3-9,11-13H2,1-2H3. The topological polar surface area (TPSA) is 41.4 Å². The Morgan fingerprint density at radius 2 is 2.04 bits per heavy atom. The Labute approximate surface area is 139 Å². The van der Waals surface area contributed by atoms with Crippen LogP contribution in [0.1, 0.15) is 51.3 Å². The molecule has 5 heteroatoms. The molecular weight excluding hydrogens is 288 g/mol. The van der Waals surface area contributed by atoms with E-state index in [0.29, 0.717) is 24.4 Å². The molecule has 5 nitrogen and oxygen atoms in total. The van der Waals surface area contributed by atoms with Crippen molar-refractivity contribution in [3.8, 4) is 0 Å². The first-order valence-electron chi connectivity index (χ1n) is 9.22. The molecule has 0 aromatic carbocycles. The maximum Gasteiger partial charge on any atom is 0.222 e. The summed E-state index contributed by atoms with van der Waals surface area (Å²) in [5.74, 6) is 1.38. The molecule has 2 saturated heterocycles. The third-order valence-corrected chi connectivity index (χ3v) is 5.60. The summed E-state index contributed by atoms with van der Waals surface area (Å²) in [5.41, 5.74) is 0. The van der Waals surface area contributed by atoms with E-state index >= 15 is 0 Å². The van der Waals surface area contributed by atoms with Gasteiger partial charge in [0, 0.05) is 44.0 Å². The summed E-state index contributed by atoms with van der Waals surface area (Å²) < 4.78 is 2.13. The van der Waals surface area contributed by atoms with E-state index in [9.17, 15) is 4.79 Å². The number of carbonyl (C=O) groups is 1. The summed E-state index contributed by atoms with van der Waals surface area (Å²) in [7, 11) is 0. The van der Waals surface area contributed by atoms with Crippen LogP contribution in [0.4, 0.5) is 0 Å². The number of nitrogens with zero attached hydrogens (tertiary/aromatic N) is 4. The molecule has 0 N–H and O–H groups in total. The molecule has 2 unspecified atom stereocenters. The number of hydrogen-bond donors (Lipinski definition) is 0. The summed E-state index contributed by atoms with van der Waals surface area (Å²) in [6, 6.07) is 1.06. The second kappa shape index (κ2) is 7.47. The Kier molecular flexibility index (Phi) is 5.36. The zero-order chi connectivity index (χ0) is 16.2. The lowest BCUT2D eigenvalue weighted by Crippen LogP contribution is -2.48. The van der Waals surface area contributed by atoms with Crippen molar-refractivity contribution in [2.24, 2.45) is 0 Å². The number of carbonyl (C=O) groups excluding carboxylic acids is 1. The van der Waals surface area contributed by atoms with Gasteiger partial charge < -0.3 is 9.47 Å². The number of likely N-dealkylation sites (N-methyl/N-ethyl adjacent to an activating group) is 1. The molecular formula is C18H30N4O. The highest BCUT2D eigenvalue weighted by atomic mass is 16.2. The average Bonchev–Trinajstić information content (AvgIpc) is 3.26. The number of rotatable bonds is 6. The SMILES string of the molecule is CCN1CCCC1C1CCCN1C(=O)CCCn1ccnc1C. The molecule has 2 atom stereocenters. The van der Waals surface area contributed by atoms with E-state index in [2.05, 4.69) is 26.3 Å². The highest BCUT2D eigenvalue weighted by Crippen LogP contribution is 2.30. The highest BCUT2D eigenvalue weighted by Gasteiger charge is 2.38. The van der Waals surface area contributed by atoms with Gasteiger partial charge in [0.15, 0.2) is 0 Å². The van der Waals surface area contributed by atoms with E-state index in [1.54, 1.807) is 0 Å². The van der Waals surface area contributed by atoms with Crippen molar-refractivity contribution in [1.82, 2.24) is 19.4 Å². The predicted octanol–water partition coefficient (Wildman–Crippen LogP) is 2.45. The number of likely N-dealkylation sites (tertiary alicyclic amines) is 2. The Morgan fingerprint density at radius 1 is 1.26 bits per heavy atom. The minimum atomic E-state index is 0.355. The number of hydrogen-bond acceptors (Lipinski definition) is 3. The normalized spacial score (nSPS) is 25.4. The lowest BCUT2D eigenvalue weighted by Gasteiger charge is -2.34. The molecule has 0 bridgehead atoms. The molecule has 128 valence electrons. The van der Waals surface area contributed by atoms with Crippen molar-refractivity contribution < 1.29 is 4.79 Å². The van der Waals surface area contributed by atoms with Gasteiger partial charge in [0.2, 0.25) is 5.91 Å². The molecule has 0 aliphatic carbocycles. The summed E-state index contributed by atoms with van der Waals surface area (Å²) in [6.07, 6.45) is 10.3. The van der Waals surface area contributed by atoms with Crippen LogP contribution in [0.3, 0.4) is 0 Å². The van der Waals surface area contributed by atoms with Gasteiger partial charge >= 0.3 is 0 Å². The fourth-order valence-electron chi connectivity index (χ4n) is 4.37. The largest absolute Gasteiger partial charge is 0.338 e. The fourth-order valence-corrected chi connectivity index (χ4v) is 4.37. The van der Waals surface area contributed by atoms with Crippen LogP contribution >= 0.6 is 0 Å². The van der Waals surface area contributed by atoms with E-state index in [0.717, 1.165) is 31.9 Å². The molecule has 23 heavy (non-hydrogen) atoms. The van der Waals surface area contributed by atoms with Gasteiger partial charge in [-0.25, -0.2) is 4.98 Å². The summed E-state index contributed by atoms with van der Waals surface area (Å²) >= 11 is 0. The number of amides is 1. The molecule has 3 rings (SSSR count). The van der Waals surface area contributed by atoms with Gasteiger partial charge in [0.1, 0.15) is 5.82 Å². The number of aromatic nitrogens is 2. The number of imidazole rings is 1. The molecule has 2 aliphatic rings. The van der Waals surface area contributed by atoms with Gasteiger partial charge in [-0.05, 0) is 52.1 Å².